The van der Waals surface area contributed by atoms with E-state index in [0.29, 0.717) is 5.82 Å². The van der Waals surface area contributed by atoms with Crippen LogP contribution in [0.25, 0.3) is 117 Å². The van der Waals surface area contributed by atoms with Gasteiger partial charge in [0.1, 0.15) is 0 Å². The van der Waals surface area contributed by atoms with Gasteiger partial charge in [0.15, 0.2) is 5.82 Å². The predicted molar refractivity (Wildman–Crippen MR) is 262 cm³/mol. The molecule has 0 amide bonds. The first-order valence-electron chi connectivity index (χ1n) is 21.4. The zero-order valence-electron chi connectivity index (χ0n) is 34.2. The van der Waals surface area contributed by atoms with Crippen LogP contribution in [0, 0.1) is 0 Å². The number of aromatic nitrogens is 4. The summed E-state index contributed by atoms with van der Waals surface area (Å²) < 4.78 is 2.35. The molecule has 12 aromatic rings. The van der Waals surface area contributed by atoms with Crippen molar-refractivity contribution in [3.63, 3.8) is 0 Å². The molecule has 0 atom stereocenters. The van der Waals surface area contributed by atoms with Gasteiger partial charge in [-0.25, -0.2) is 15.0 Å². The monoisotopic (exact) mass is 802 g/mol. The van der Waals surface area contributed by atoms with Crippen LogP contribution in [0.3, 0.4) is 0 Å². The summed E-state index contributed by atoms with van der Waals surface area (Å²) in [5.74, 6) is 0.671. The van der Waals surface area contributed by atoms with E-state index in [-0.39, 0.29) is 0 Å². The molecule has 63 heavy (non-hydrogen) atoms. The van der Waals surface area contributed by atoms with Crippen molar-refractivity contribution in [1.29, 1.82) is 0 Å². The molecule has 294 valence electrons. The smallest absolute Gasteiger partial charge is 0.160 e. The van der Waals surface area contributed by atoms with Gasteiger partial charge >= 0.3 is 0 Å². The quantitative estimate of drug-likeness (QED) is 0.151. The zero-order valence-corrected chi connectivity index (χ0v) is 34.2. The van der Waals surface area contributed by atoms with Crippen LogP contribution in [0.2, 0.25) is 0 Å². The van der Waals surface area contributed by atoms with Crippen LogP contribution in [-0.4, -0.2) is 19.5 Å². The van der Waals surface area contributed by atoms with Crippen molar-refractivity contribution in [2.75, 3.05) is 0 Å². The zero-order chi connectivity index (χ0) is 41.7. The molecule has 0 aliphatic heterocycles. The Morgan fingerprint density at radius 3 is 1.40 bits per heavy atom. The average Bonchev–Trinajstić information content (AvgIpc) is 3.71. The van der Waals surface area contributed by atoms with E-state index in [1.54, 1.807) is 0 Å². The van der Waals surface area contributed by atoms with Gasteiger partial charge in [-0.1, -0.05) is 188 Å². The maximum atomic E-state index is 5.34. The van der Waals surface area contributed by atoms with E-state index in [4.69, 9.17) is 15.0 Å². The van der Waals surface area contributed by atoms with Crippen molar-refractivity contribution in [2.45, 2.75) is 0 Å². The Bertz CT molecular complexity index is 3600. The van der Waals surface area contributed by atoms with Gasteiger partial charge in [-0.3, -0.25) is 0 Å². The van der Waals surface area contributed by atoms with Crippen molar-refractivity contribution >= 4 is 43.5 Å². The Morgan fingerprint density at radius 1 is 0.286 bits per heavy atom. The van der Waals surface area contributed by atoms with Crippen molar-refractivity contribution in [3.8, 4) is 73.1 Å². The van der Waals surface area contributed by atoms with Crippen LogP contribution < -0.4 is 0 Å². The summed E-state index contributed by atoms with van der Waals surface area (Å²) in [6, 6.07) is 81.5. The molecule has 4 heteroatoms. The van der Waals surface area contributed by atoms with Crippen LogP contribution in [0.5, 0.6) is 0 Å². The second-order valence-electron chi connectivity index (χ2n) is 16.0. The molecule has 0 aliphatic rings. The standard InChI is InChI=1S/C59H38N4/c1-4-17-39(18-5-1)51-37-52(41-19-6-2-7-20-41)60-55-36-50(46-25-10-11-28-49(46)58(51)55)40-31-33-43(34-32-40)59-61-53(42-21-8-3-9-22-42)38-54(62-59)44-23-16-24-45(35-44)63-56-29-14-12-26-47(56)48-27-13-15-30-57(48)63/h1-38H. The number of benzene rings is 9. The largest absolute Gasteiger partial charge is 0.309 e. The minimum atomic E-state index is 0.671. The van der Waals surface area contributed by atoms with E-state index >= 15 is 0 Å². The van der Waals surface area contributed by atoms with E-state index in [2.05, 4.69) is 223 Å². The molecule has 0 N–H and O–H groups in total. The molecule has 3 aromatic heterocycles. The maximum absolute atomic E-state index is 5.34. The maximum Gasteiger partial charge on any atom is 0.160 e. The van der Waals surface area contributed by atoms with Gasteiger partial charge in [-0.15, -0.1) is 0 Å². The fourth-order valence-electron chi connectivity index (χ4n) is 9.23. The lowest BCUT2D eigenvalue weighted by Crippen LogP contribution is -1.98. The van der Waals surface area contributed by atoms with Gasteiger partial charge in [0, 0.05) is 44.1 Å². The van der Waals surface area contributed by atoms with Crippen molar-refractivity contribution in [3.05, 3.63) is 231 Å². The highest BCUT2D eigenvalue weighted by Gasteiger charge is 2.18. The number of nitrogens with zero attached hydrogens (tertiary/aromatic N) is 4. The number of rotatable bonds is 7. The summed E-state index contributed by atoms with van der Waals surface area (Å²) in [7, 11) is 0. The van der Waals surface area contributed by atoms with Crippen molar-refractivity contribution < 1.29 is 0 Å². The third-order valence-electron chi connectivity index (χ3n) is 12.2. The van der Waals surface area contributed by atoms with Gasteiger partial charge < -0.3 is 4.57 Å². The Labute approximate surface area is 365 Å². The molecule has 3 heterocycles. The third-order valence-corrected chi connectivity index (χ3v) is 12.2. The summed E-state index contributed by atoms with van der Waals surface area (Å²) in [6.45, 7) is 0. The normalized spacial score (nSPS) is 11.5. The SMILES string of the molecule is c1ccc(-c2cc(-c3cccc(-n4c5ccccc5c5ccccc54)c3)nc(-c3ccc(-c4cc5nc(-c6ccccc6)cc(-c6ccccc6)c5c5ccccc45)cc3)n2)cc1. The Kier molecular flexibility index (Phi) is 8.79. The van der Waals surface area contributed by atoms with Crippen LogP contribution in [0.4, 0.5) is 0 Å². The van der Waals surface area contributed by atoms with E-state index in [1.165, 1.54) is 43.7 Å². The van der Waals surface area contributed by atoms with E-state index in [1.807, 2.05) is 12.1 Å². The van der Waals surface area contributed by atoms with Crippen LogP contribution in [0.15, 0.2) is 231 Å². The van der Waals surface area contributed by atoms with Gasteiger partial charge in [0.05, 0.1) is 33.6 Å². The van der Waals surface area contributed by atoms with Crippen LogP contribution in [-0.2, 0) is 0 Å². The highest BCUT2D eigenvalue weighted by Crippen LogP contribution is 2.41. The summed E-state index contributed by atoms with van der Waals surface area (Å²) in [5, 5.41) is 5.97. The molecule has 0 unspecified atom stereocenters. The number of fused-ring (bicyclic) bond motifs is 6. The minimum absolute atomic E-state index is 0.671. The molecule has 12 rings (SSSR count). The van der Waals surface area contributed by atoms with Gasteiger partial charge in [-0.2, -0.15) is 0 Å². The van der Waals surface area contributed by atoms with Crippen molar-refractivity contribution in [2.24, 2.45) is 0 Å². The summed E-state index contributed by atoms with van der Waals surface area (Å²) in [5.41, 5.74) is 15.7. The molecule has 0 saturated carbocycles. The number of para-hydroxylation sites is 2. The fraction of sp³-hybridized carbons (Fsp3) is 0. The van der Waals surface area contributed by atoms with Gasteiger partial charge in [0.2, 0.25) is 0 Å². The molecule has 0 fully saturated rings. The van der Waals surface area contributed by atoms with Crippen LogP contribution >= 0.6 is 0 Å². The van der Waals surface area contributed by atoms with E-state index in [0.717, 1.165) is 67.1 Å². The molecule has 0 radical (unpaired) electrons. The third kappa shape index (κ3) is 6.44. The molecular formula is C59H38N4. The molecule has 0 saturated heterocycles. The number of pyridine rings is 1. The van der Waals surface area contributed by atoms with Gasteiger partial charge in [-0.05, 0) is 75.5 Å². The second-order valence-corrected chi connectivity index (χ2v) is 16.0. The topological polar surface area (TPSA) is 43.6 Å². The molecular weight excluding hydrogens is 765 g/mol. The van der Waals surface area contributed by atoms with Crippen molar-refractivity contribution in [1.82, 2.24) is 19.5 Å². The minimum Gasteiger partial charge on any atom is -0.309 e. The first-order valence-corrected chi connectivity index (χ1v) is 21.4. The first-order chi connectivity index (χ1) is 31.2. The average molecular weight is 803 g/mol. The first kappa shape index (κ1) is 36.4. The van der Waals surface area contributed by atoms with Gasteiger partial charge in [0.25, 0.3) is 0 Å². The predicted octanol–water partition coefficient (Wildman–Crippen LogP) is 15.3. The lowest BCUT2D eigenvalue weighted by molar-refractivity contribution is 1.16. The van der Waals surface area contributed by atoms with Crippen LogP contribution in [0.1, 0.15) is 0 Å². The summed E-state index contributed by atoms with van der Waals surface area (Å²) >= 11 is 0. The van der Waals surface area contributed by atoms with E-state index in [9.17, 15) is 0 Å². The Hall–Kier alpha value is -8.47. The Morgan fingerprint density at radius 2 is 0.762 bits per heavy atom. The second kappa shape index (κ2) is 15.2. The Balaban J connectivity index is 0.990. The summed E-state index contributed by atoms with van der Waals surface area (Å²) in [6.07, 6.45) is 0. The highest BCUT2D eigenvalue weighted by molar-refractivity contribution is 6.18. The highest BCUT2D eigenvalue weighted by atomic mass is 15.0. The van der Waals surface area contributed by atoms with E-state index < -0.39 is 0 Å². The summed E-state index contributed by atoms with van der Waals surface area (Å²) in [4.78, 5) is 15.8. The molecule has 0 aliphatic carbocycles. The number of hydrogen-bond acceptors (Lipinski definition) is 3. The molecule has 9 aromatic carbocycles. The fourth-order valence-corrected chi connectivity index (χ4v) is 9.23. The lowest BCUT2D eigenvalue weighted by Gasteiger charge is -2.16. The molecule has 0 bridgehead atoms. The lowest BCUT2D eigenvalue weighted by atomic mass is 9.90. The molecule has 0 spiro atoms. The number of hydrogen-bond donors (Lipinski definition) is 0. The molecule has 4 nitrogen and oxygen atoms in total.